The van der Waals surface area contributed by atoms with Crippen molar-refractivity contribution in [3.8, 4) is 0 Å². The number of carbonyl (C=O) groups is 1. The van der Waals surface area contributed by atoms with E-state index in [1.807, 2.05) is 72.8 Å². The number of aldehydes is 1. The molecule has 6 heteroatoms. The lowest BCUT2D eigenvalue weighted by molar-refractivity contribution is 0.112. The van der Waals surface area contributed by atoms with Crippen LogP contribution < -0.4 is 15.5 Å². The predicted octanol–water partition coefficient (Wildman–Crippen LogP) is 6.28. The van der Waals surface area contributed by atoms with Crippen LogP contribution >= 0.6 is 0 Å². The van der Waals surface area contributed by atoms with Gasteiger partial charge in [-0.15, -0.1) is 0 Å². The third kappa shape index (κ3) is 6.67. The van der Waals surface area contributed by atoms with Crippen LogP contribution in [0.4, 0.5) is 17.6 Å². The second-order valence-electron chi connectivity index (χ2n) is 9.42. The Kier molecular flexibility index (Phi) is 8.24. The van der Waals surface area contributed by atoms with Crippen molar-refractivity contribution in [3.63, 3.8) is 0 Å². The summed E-state index contributed by atoms with van der Waals surface area (Å²) in [7, 11) is 0. The van der Waals surface area contributed by atoms with Crippen LogP contribution in [0.5, 0.6) is 0 Å². The van der Waals surface area contributed by atoms with Gasteiger partial charge in [-0.2, -0.15) is 9.97 Å². The Morgan fingerprint density at radius 2 is 0.795 bits per heavy atom. The van der Waals surface area contributed by atoms with Crippen LogP contribution in [-0.2, 0) is 26.2 Å². The average Bonchev–Trinajstić information content (AvgIpc) is 2.98. The maximum Gasteiger partial charge on any atom is 0.223 e. The van der Waals surface area contributed by atoms with Gasteiger partial charge in [0.25, 0.3) is 0 Å². The maximum absolute atomic E-state index is 12.8. The fourth-order valence-electron chi connectivity index (χ4n) is 4.68. The number of nitrogen functional groups attached to an aromatic ring is 1. The minimum atomic E-state index is 0.128. The van der Waals surface area contributed by atoms with Crippen molar-refractivity contribution < 1.29 is 4.79 Å². The lowest BCUT2D eigenvalue weighted by atomic mass is 10.1. The first-order chi connectivity index (χ1) is 19.2. The number of hydrogen-bond donors (Lipinski definition) is 1. The molecule has 0 fully saturated rings. The first kappa shape index (κ1) is 25.7. The third-order valence-corrected chi connectivity index (χ3v) is 6.50. The van der Waals surface area contributed by atoms with Crippen LogP contribution in [0, 0.1) is 0 Å². The Morgan fingerprint density at radius 3 is 1.05 bits per heavy atom. The molecule has 6 nitrogen and oxygen atoms in total. The Labute approximate surface area is 229 Å². The van der Waals surface area contributed by atoms with Crippen molar-refractivity contribution >= 4 is 23.9 Å². The largest absolute Gasteiger partial charge is 0.368 e. The summed E-state index contributed by atoms with van der Waals surface area (Å²) >= 11 is 0. The Hall–Kier alpha value is -4.97. The van der Waals surface area contributed by atoms with Crippen molar-refractivity contribution in [2.24, 2.45) is 0 Å². The van der Waals surface area contributed by atoms with E-state index < -0.39 is 0 Å². The first-order valence-corrected chi connectivity index (χ1v) is 13.0. The van der Waals surface area contributed by atoms with E-state index in [0.717, 1.165) is 28.5 Å². The molecule has 0 radical (unpaired) electrons. The molecule has 194 valence electrons. The summed E-state index contributed by atoms with van der Waals surface area (Å²) in [5, 5.41) is 0. The molecule has 5 rings (SSSR count). The fourth-order valence-corrected chi connectivity index (χ4v) is 4.68. The Bertz CT molecular complexity index is 1290. The van der Waals surface area contributed by atoms with Gasteiger partial charge in [0.2, 0.25) is 5.95 Å². The number of benzene rings is 4. The molecule has 39 heavy (non-hydrogen) atoms. The number of aromatic nitrogens is 2. The van der Waals surface area contributed by atoms with Gasteiger partial charge in [0.05, 0.1) is 5.56 Å². The SMILES string of the molecule is Nc1nc(N(Cc2ccccc2)Cc2ccccc2)c(C=O)c(N(Cc2ccccc2)Cc2ccccc2)n1. The molecular weight excluding hydrogens is 482 g/mol. The molecular formula is C33H31N5O. The summed E-state index contributed by atoms with van der Waals surface area (Å²) in [6.07, 6.45) is 0.857. The maximum atomic E-state index is 12.8. The number of rotatable bonds is 11. The van der Waals surface area contributed by atoms with Crippen LogP contribution in [0.2, 0.25) is 0 Å². The number of carbonyl (C=O) groups excluding carboxylic acids is 1. The monoisotopic (exact) mass is 513 g/mol. The van der Waals surface area contributed by atoms with Crippen molar-refractivity contribution in [2.75, 3.05) is 15.5 Å². The zero-order valence-corrected chi connectivity index (χ0v) is 21.7. The number of hydrogen-bond acceptors (Lipinski definition) is 6. The van der Waals surface area contributed by atoms with E-state index in [-0.39, 0.29) is 5.95 Å². The van der Waals surface area contributed by atoms with Gasteiger partial charge in [0.1, 0.15) is 11.6 Å². The summed E-state index contributed by atoms with van der Waals surface area (Å²) in [6.45, 7) is 2.24. The number of nitrogens with two attached hydrogens (primary N) is 1. The Balaban J connectivity index is 1.60. The highest BCUT2D eigenvalue weighted by molar-refractivity contribution is 5.90. The van der Waals surface area contributed by atoms with Gasteiger partial charge in [-0.3, -0.25) is 4.79 Å². The second-order valence-corrected chi connectivity index (χ2v) is 9.42. The highest BCUT2D eigenvalue weighted by Crippen LogP contribution is 2.31. The Morgan fingerprint density at radius 1 is 0.513 bits per heavy atom. The summed E-state index contributed by atoms with van der Waals surface area (Å²) in [4.78, 5) is 26.3. The van der Waals surface area contributed by atoms with Crippen LogP contribution in [-0.4, -0.2) is 16.3 Å². The van der Waals surface area contributed by atoms with Gasteiger partial charge in [-0.25, -0.2) is 0 Å². The number of anilines is 3. The van der Waals surface area contributed by atoms with Crippen molar-refractivity contribution in [2.45, 2.75) is 26.2 Å². The summed E-state index contributed by atoms with van der Waals surface area (Å²) in [6, 6.07) is 40.6. The van der Waals surface area contributed by atoms with Crippen LogP contribution in [0.15, 0.2) is 121 Å². The van der Waals surface area contributed by atoms with Gasteiger partial charge in [0, 0.05) is 26.2 Å². The highest BCUT2D eigenvalue weighted by atomic mass is 16.1. The summed E-state index contributed by atoms with van der Waals surface area (Å²) < 4.78 is 0. The van der Waals surface area contributed by atoms with Crippen molar-refractivity contribution in [1.82, 2.24) is 9.97 Å². The third-order valence-electron chi connectivity index (χ3n) is 6.50. The molecule has 4 aromatic carbocycles. The van der Waals surface area contributed by atoms with Gasteiger partial charge >= 0.3 is 0 Å². The minimum Gasteiger partial charge on any atom is -0.368 e. The zero-order valence-electron chi connectivity index (χ0n) is 21.7. The molecule has 0 aliphatic rings. The average molecular weight is 514 g/mol. The molecule has 0 spiro atoms. The van der Waals surface area contributed by atoms with Gasteiger partial charge in [-0.1, -0.05) is 121 Å². The van der Waals surface area contributed by atoms with E-state index in [2.05, 4.69) is 68.3 Å². The van der Waals surface area contributed by atoms with Gasteiger partial charge in [-0.05, 0) is 22.3 Å². The smallest absolute Gasteiger partial charge is 0.223 e. The molecule has 0 bridgehead atoms. The molecule has 0 atom stereocenters. The van der Waals surface area contributed by atoms with Crippen LogP contribution in [0.25, 0.3) is 0 Å². The van der Waals surface area contributed by atoms with E-state index in [4.69, 9.17) is 5.73 Å². The summed E-state index contributed by atoms with van der Waals surface area (Å²) in [5.41, 5.74) is 11.2. The molecule has 0 saturated heterocycles. The van der Waals surface area contributed by atoms with E-state index in [1.54, 1.807) is 0 Å². The minimum absolute atomic E-state index is 0.128. The van der Waals surface area contributed by atoms with E-state index in [1.165, 1.54) is 0 Å². The van der Waals surface area contributed by atoms with E-state index >= 15 is 0 Å². The predicted molar refractivity (Wildman–Crippen MR) is 157 cm³/mol. The number of nitrogens with zero attached hydrogens (tertiary/aromatic N) is 4. The topological polar surface area (TPSA) is 75.3 Å². The van der Waals surface area contributed by atoms with Crippen LogP contribution in [0.3, 0.4) is 0 Å². The quantitative estimate of drug-likeness (QED) is 0.209. The molecule has 5 aromatic rings. The summed E-state index contributed by atoms with van der Waals surface area (Å²) in [5.74, 6) is 1.17. The van der Waals surface area contributed by atoms with Crippen molar-refractivity contribution in [3.05, 3.63) is 149 Å². The standard InChI is InChI=1S/C33H31N5O/c34-33-35-31(37(21-26-13-5-1-6-14-26)22-27-15-7-2-8-16-27)30(25-39)32(36-33)38(23-28-17-9-3-10-18-28)24-29-19-11-4-12-20-29/h1-20,25H,21-24H2,(H2,34,35,36). The molecule has 0 aliphatic heterocycles. The second kappa shape index (κ2) is 12.5. The molecule has 1 heterocycles. The van der Waals surface area contributed by atoms with Crippen molar-refractivity contribution in [1.29, 1.82) is 0 Å². The molecule has 1 aromatic heterocycles. The highest BCUT2D eigenvalue weighted by Gasteiger charge is 2.23. The lowest BCUT2D eigenvalue weighted by Crippen LogP contribution is -2.29. The van der Waals surface area contributed by atoms with Gasteiger partial charge < -0.3 is 15.5 Å². The molecule has 2 N–H and O–H groups in total. The van der Waals surface area contributed by atoms with Gasteiger partial charge in [0.15, 0.2) is 6.29 Å². The fraction of sp³-hybridized carbons (Fsp3) is 0.121. The molecule has 0 amide bonds. The molecule has 0 saturated carbocycles. The first-order valence-electron chi connectivity index (χ1n) is 13.0. The normalized spacial score (nSPS) is 10.7. The lowest BCUT2D eigenvalue weighted by Gasteiger charge is -2.30. The molecule has 0 unspecified atom stereocenters. The van der Waals surface area contributed by atoms with E-state index in [0.29, 0.717) is 43.4 Å². The zero-order chi connectivity index (χ0) is 26.9. The van der Waals surface area contributed by atoms with Crippen LogP contribution in [0.1, 0.15) is 32.6 Å². The molecule has 0 aliphatic carbocycles. The van der Waals surface area contributed by atoms with E-state index in [9.17, 15) is 4.79 Å².